The number of rotatable bonds is 8. The number of nitrogens with zero attached hydrogens (tertiary/aromatic N) is 10. The van der Waals surface area contributed by atoms with Gasteiger partial charge in [0.1, 0.15) is 0 Å². The van der Waals surface area contributed by atoms with E-state index in [1.807, 2.05) is 38.1 Å². The molecule has 0 fully saturated rings. The van der Waals surface area contributed by atoms with E-state index in [4.69, 9.17) is 21.1 Å². The minimum atomic E-state index is -0.508. The van der Waals surface area contributed by atoms with Gasteiger partial charge in [0.15, 0.2) is 28.2 Å². The Morgan fingerprint density at radius 1 is 0.702 bits per heavy atom. The van der Waals surface area contributed by atoms with E-state index in [1.165, 1.54) is 9.36 Å². The van der Waals surface area contributed by atoms with Crippen LogP contribution in [0.1, 0.15) is 46.0 Å². The average Bonchev–Trinajstić information content (AvgIpc) is 3.73. The highest BCUT2D eigenvalue weighted by Crippen LogP contribution is 2.24. The van der Waals surface area contributed by atoms with Crippen LogP contribution in [0.15, 0.2) is 79.3 Å². The standard InChI is InChI=1S/C16H14ClN5O2.C16H15N5O2/c1-3-24-16(23)12-8-13(11-5-4-10(2)9-18-11)22(21-12)15-7-6-14(17)19-20-15;1-3-23-16(22)13-9-14(12-7-6-11(2)10-17-12)21(20-13)15-5-4-8-18-19-15/h4-9H,3H2,1-2H3;4-10H,3H2,1-2H3. The minimum Gasteiger partial charge on any atom is -0.461 e. The van der Waals surface area contributed by atoms with E-state index in [2.05, 4.69) is 40.6 Å². The third kappa shape index (κ3) is 7.86. The molecule has 15 heteroatoms. The summed E-state index contributed by atoms with van der Waals surface area (Å²) in [6.45, 7) is 7.95. The van der Waals surface area contributed by atoms with E-state index in [1.54, 1.807) is 68.8 Å². The molecule has 6 rings (SSSR count). The Balaban J connectivity index is 0.000000185. The smallest absolute Gasteiger partial charge is 0.358 e. The largest absolute Gasteiger partial charge is 0.461 e. The molecule has 0 saturated carbocycles. The monoisotopic (exact) mass is 652 g/mol. The molecule has 6 aromatic rings. The summed E-state index contributed by atoms with van der Waals surface area (Å²) in [5, 5.41) is 24.6. The summed E-state index contributed by atoms with van der Waals surface area (Å²) < 4.78 is 13.1. The molecular weight excluding hydrogens is 624 g/mol. The van der Waals surface area contributed by atoms with E-state index >= 15 is 0 Å². The van der Waals surface area contributed by atoms with E-state index in [-0.39, 0.29) is 29.8 Å². The molecule has 0 atom stereocenters. The number of halogens is 1. The van der Waals surface area contributed by atoms with Crippen molar-refractivity contribution in [3.8, 4) is 34.4 Å². The predicted octanol–water partition coefficient (Wildman–Crippen LogP) is 5.07. The molecule has 0 saturated heterocycles. The zero-order chi connectivity index (χ0) is 33.3. The number of aryl methyl sites for hydroxylation is 2. The van der Waals surface area contributed by atoms with Gasteiger partial charge >= 0.3 is 11.9 Å². The van der Waals surface area contributed by atoms with Gasteiger partial charge in [-0.05, 0) is 75.2 Å². The fraction of sp³-hybridized carbons (Fsp3) is 0.188. The van der Waals surface area contributed by atoms with E-state index in [9.17, 15) is 9.59 Å². The maximum absolute atomic E-state index is 12.0. The van der Waals surface area contributed by atoms with Gasteiger partial charge in [-0.25, -0.2) is 19.0 Å². The number of hydrogen-bond acceptors (Lipinski definition) is 12. The van der Waals surface area contributed by atoms with Gasteiger partial charge in [0.25, 0.3) is 0 Å². The lowest BCUT2D eigenvalue weighted by molar-refractivity contribution is 0.0509. The van der Waals surface area contributed by atoms with Gasteiger partial charge < -0.3 is 9.47 Å². The Bertz CT molecular complexity index is 1900. The maximum Gasteiger partial charge on any atom is 0.358 e. The molecular formula is C32H29ClN10O4. The Kier molecular flexibility index (Phi) is 10.3. The lowest BCUT2D eigenvalue weighted by Gasteiger charge is -2.05. The summed E-state index contributed by atoms with van der Waals surface area (Å²) in [6, 6.07) is 17.6. The van der Waals surface area contributed by atoms with Crippen molar-refractivity contribution in [2.24, 2.45) is 0 Å². The Hall–Kier alpha value is -5.89. The van der Waals surface area contributed by atoms with Crippen LogP contribution in [0, 0.1) is 13.8 Å². The second-order valence-corrected chi connectivity index (χ2v) is 10.2. The highest BCUT2D eigenvalue weighted by atomic mass is 35.5. The number of esters is 2. The lowest BCUT2D eigenvalue weighted by atomic mass is 10.2. The second-order valence-electron chi connectivity index (χ2n) is 9.83. The maximum atomic E-state index is 12.0. The Morgan fingerprint density at radius 2 is 1.23 bits per heavy atom. The number of carbonyl (C=O) groups is 2. The summed E-state index contributed by atoms with van der Waals surface area (Å²) >= 11 is 5.78. The molecule has 0 aliphatic rings. The number of carbonyl (C=O) groups excluding carboxylic acids is 2. The van der Waals surface area contributed by atoms with Crippen molar-refractivity contribution in [1.82, 2.24) is 49.9 Å². The molecule has 0 bridgehead atoms. The van der Waals surface area contributed by atoms with Crippen LogP contribution in [0.3, 0.4) is 0 Å². The van der Waals surface area contributed by atoms with Gasteiger partial charge in [-0.1, -0.05) is 23.7 Å². The van der Waals surface area contributed by atoms with Crippen molar-refractivity contribution in [2.75, 3.05) is 13.2 Å². The number of hydrogen-bond donors (Lipinski definition) is 0. The zero-order valence-electron chi connectivity index (χ0n) is 25.9. The summed E-state index contributed by atoms with van der Waals surface area (Å²) in [6.07, 6.45) is 5.07. The lowest BCUT2D eigenvalue weighted by Crippen LogP contribution is -2.08. The summed E-state index contributed by atoms with van der Waals surface area (Å²) in [4.78, 5) is 32.8. The molecule has 47 heavy (non-hydrogen) atoms. The van der Waals surface area contributed by atoms with E-state index < -0.39 is 11.9 Å². The molecule has 0 aliphatic carbocycles. The number of pyridine rings is 2. The molecule has 0 amide bonds. The third-order valence-corrected chi connectivity index (χ3v) is 6.55. The van der Waals surface area contributed by atoms with E-state index in [0.29, 0.717) is 34.4 Å². The molecule has 0 spiro atoms. The van der Waals surface area contributed by atoms with Gasteiger partial charge in [-0.2, -0.15) is 15.3 Å². The van der Waals surface area contributed by atoms with Crippen molar-refractivity contribution >= 4 is 23.5 Å². The molecule has 6 heterocycles. The minimum absolute atomic E-state index is 0.172. The van der Waals surface area contributed by atoms with Gasteiger partial charge in [-0.3, -0.25) is 9.97 Å². The fourth-order valence-corrected chi connectivity index (χ4v) is 4.25. The zero-order valence-corrected chi connectivity index (χ0v) is 26.7. The van der Waals surface area contributed by atoms with Crippen LogP contribution in [0.25, 0.3) is 34.4 Å². The summed E-state index contributed by atoms with van der Waals surface area (Å²) in [5.41, 5.74) is 5.04. The topological polar surface area (TPSA) is 166 Å². The van der Waals surface area contributed by atoms with Gasteiger partial charge in [0, 0.05) is 30.7 Å². The van der Waals surface area contributed by atoms with Crippen LogP contribution in [-0.4, -0.2) is 75.1 Å². The molecule has 238 valence electrons. The molecule has 0 radical (unpaired) electrons. The normalized spacial score (nSPS) is 10.6. The van der Waals surface area contributed by atoms with Crippen LogP contribution >= 0.6 is 11.6 Å². The van der Waals surface area contributed by atoms with Crippen molar-refractivity contribution in [2.45, 2.75) is 27.7 Å². The Labute approximate surface area is 274 Å². The van der Waals surface area contributed by atoms with Crippen LogP contribution in [-0.2, 0) is 9.47 Å². The number of aromatic nitrogens is 10. The predicted molar refractivity (Wildman–Crippen MR) is 171 cm³/mol. The SMILES string of the molecule is CCOC(=O)c1cc(-c2ccc(C)cn2)n(-c2ccc(Cl)nn2)n1.CCOC(=O)c1cc(-c2ccc(C)cn2)n(-c2cccnn2)n1. The van der Waals surface area contributed by atoms with Crippen LogP contribution in [0.2, 0.25) is 5.15 Å². The second kappa shape index (κ2) is 14.9. The van der Waals surface area contributed by atoms with Crippen LogP contribution < -0.4 is 0 Å². The quantitative estimate of drug-likeness (QED) is 0.201. The highest BCUT2D eigenvalue weighted by Gasteiger charge is 2.20. The fourth-order valence-electron chi connectivity index (χ4n) is 4.15. The van der Waals surface area contributed by atoms with Crippen molar-refractivity contribution in [3.63, 3.8) is 0 Å². The van der Waals surface area contributed by atoms with Crippen molar-refractivity contribution in [3.05, 3.63) is 107 Å². The third-order valence-electron chi connectivity index (χ3n) is 6.35. The first kappa shape index (κ1) is 32.5. The molecule has 0 aliphatic heterocycles. The van der Waals surface area contributed by atoms with Gasteiger partial charge in [-0.15, -0.1) is 15.3 Å². The first-order valence-electron chi connectivity index (χ1n) is 14.5. The van der Waals surface area contributed by atoms with Crippen LogP contribution in [0.5, 0.6) is 0 Å². The van der Waals surface area contributed by atoms with Crippen molar-refractivity contribution < 1.29 is 19.1 Å². The van der Waals surface area contributed by atoms with Crippen LogP contribution in [0.4, 0.5) is 0 Å². The van der Waals surface area contributed by atoms with Gasteiger partial charge in [0.05, 0.1) is 36.0 Å². The number of ether oxygens (including phenoxy) is 2. The Morgan fingerprint density at radius 3 is 1.64 bits per heavy atom. The van der Waals surface area contributed by atoms with Crippen molar-refractivity contribution in [1.29, 1.82) is 0 Å². The van der Waals surface area contributed by atoms with Gasteiger partial charge in [0.2, 0.25) is 0 Å². The van der Waals surface area contributed by atoms with E-state index in [0.717, 1.165) is 11.1 Å². The first-order valence-corrected chi connectivity index (χ1v) is 14.8. The first-order chi connectivity index (χ1) is 22.8. The average molecular weight is 653 g/mol. The molecule has 0 N–H and O–H groups in total. The highest BCUT2D eigenvalue weighted by molar-refractivity contribution is 6.29. The molecule has 0 aromatic carbocycles. The summed E-state index contributed by atoms with van der Waals surface area (Å²) in [5.74, 6) is -0.0669. The summed E-state index contributed by atoms with van der Waals surface area (Å²) in [7, 11) is 0. The molecule has 14 nitrogen and oxygen atoms in total. The molecule has 0 unspecified atom stereocenters. The molecule has 6 aromatic heterocycles.